The molecule has 0 saturated carbocycles. The number of phenols is 1. The van der Waals surface area contributed by atoms with Gasteiger partial charge in [-0.25, -0.2) is 0 Å². The molecule has 0 heterocycles. The van der Waals surface area contributed by atoms with Gasteiger partial charge >= 0.3 is 0 Å². The van der Waals surface area contributed by atoms with Crippen molar-refractivity contribution in [3.05, 3.63) is 29.8 Å². The molecular formula is C15H24ClN3O3. The average Bonchev–Trinajstić information content (AvgIpc) is 2.39. The summed E-state index contributed by atoms with van der Waals surface area (Å²) in [5, 5.41) is 11.8. The molecule has 7 heteroatoms. The van der Waals surface area contributed by atoms with Crippen LogP contribution in [0.4, 0.5) is 0 Å². The van der Waals surface area contributed by atoms with E-state index in [1.807, 2.05) is 13.8 Å². The fourth-order valence-corrected chi connectivity index (χ4v) is 1.98. The van der Waals surface area contributed by atoms with Crippen LogP contribution in [-0.2, 0) is 16.0 Å². The van der Waals surface area contributed by atoms with Crippen LogP contribution in [0.5, 0.6) is 5.75 Å². The van der Waals surface area contributed by atoms with Crippen molar-refractivity contribution in [3.8, 4) is 5.75 Å². The van der Waals surface area contributed by atoms with Crippen LogP contribution in [0, 0.1) is 5.92 Å². The molecule has 22 heavy (non-hydrogen) atoms. The van der Waals surface area contributed by atoms with Crippen molar-refractivity contribution in [1.82, 2.24) is 5.32 Å². The van der Waals surface area contributed by atoms with E-state index in [0.29, 0.717) is 12.8 Å². The van der Waals surface area contributed by atoms with E-state index in [4.69, 9.17) is 11.5 Å². The number of hydrogen-bond donors (Lipinski definition) is 4. The van der Waals surface area contributed by atoms with Crippen molar-refractivity contribution in [2.75, 3.05) is 0 Å². The van der Waals surface area contributed by atoms with E-state index in [9.17, 15) is 14.7 Å². The lowest BCUT2D eigenvalue weighted by Crippen LogP contribution is -2.51. The zero-order valence-corrected chi connectivity index (χ0v) is 13.6. The largest absolute Gasteiger partial charge is 0.508 e. The van der Waals surface area contributed by atoms with E-state index in [1.54, 1.807) is 12.1 Å². The second-order valence-corrected chi connectivity index (χ2v) is 5.57. The number of carbonyl (C=O) groups excluding carboxylic acids is 2. The molecule has 2 atom stereocenters. The lowest BCUT2D eigenvalue weighted by atomic mass is 10.0. The van der Waals surface area contributed by atoms with Crippen LogP contribution < -0.4 is 16.8 Å². The van der Waals surface area contributed by atoms with Crippen LogP contribution in [0.15, 0.2) is 24.3 Å². The molecule has 0 saturated heterocycles. The molecule has 0 aliphatic rings. The number of benzene rings is 1. The summed E-state index contributed by atoms with van der Waals surface area (Å²) in [6.45, 7) is 3.89. The zero-order chi connectivity index (χ0) is 16.0. The number of nitrogens with two attached hydrogens (primary N) is 2. The zero-order valence-electron chi connectivity index (χ0n) is 12.8. The van der Waals surface area contributed by atoms with Crippen LogP contribution in [0.1, 0.15) is 25.8 Å². The van der Waals surface area contributed by atoms with Gasteiger partial charge in [-0.1, -0.05) is 26.0 Å². The Kier molecular flexibility index (Phi) is 8.52. The van der Waals surface area contributed by atoms with Gasteiger partial charge in [-0.3, -0.25) is 9.59 Å². The van der Waals surface area contributed by atoms with E-state index in [0.717, 1.165) is 5.56 Å². The third kappa shape index (κ3) is 6.78. The number of hydrogen-bond acceptors (Lipinski definition) is 4. The van der Waals surface area contributed by atoms with Gasteiger partial charge < -0.3 is 21.9 Å². The van der Waals surface area contributed by atoms with Crippen molar-refractivity contribution in [2.45, 2.75) is 38.8 Å². The average molecular weight is 330 g/mol. The Hall–Kier alpha value is -1.79. The predicted molar refractivity (Wildman–Crippen MR) is 87.6 cm³/mol. The Morgan fingerprint density at radius 1 is 1.23 bits per heavy atom. The molecule has 0 aromatic heterocycles. The molecule has 124 valence electrons. The number of primary amides is 1. The van der Waals surface area contributed by atoms with Gasteiger partial charge in [0, 0.05) is 0 Å². The maximum Gasteiger partial charge on any atom is 0.240 e. The maximum atomic E-state index is 12.0. The van der Waals surface area contributed by atoms with Gasteiger partial charge in [0.25, 0.3) is 0 Å². The van der Waals surface area contributed by atoms with E-state index in [2.05, 4.69) is 5.32 Å². The first kappa shape index (κ1) is 20.2. The highest BCUT2D eigenvalue weighted by molar-refractivity contribution is 5.89. The number of halogens is 1. The molecule has 1 rings (SSSR count). The first-order valence-electron chi connectivity index (χ1n) is 6.92. The van der Waals surface area contributed by atoms with Crippen molar-refractivity contribution in [2.24, 2.45) is 17.4 Å². The molecule has 6 N–H and O–H groups in total. The Bertz CT molecular complexity index is 491. The summed E-state index contributed by atoms with van der Waals surface area (Å²) >= 11 is 0. The number of phenolic OH excluding ortho intramolecular Hbond substituents is 1. The van der Waals surface area contributed by atoms with Crippen LogP contribution in [0.2, 0.25) is 0 Å². The van der Waals surface area contributed by atoms with Gasteiger partial charge in [0.05, 0.1) is 6.04 Å². The smallest absolute Gasteiger partial charge is 0.240 e. The maximum absolute atomic E-state index is 12.0. The van der Waals surface area contributed by atoms with Gasteiger partial charge in [-0.05, 0) is 36.5 Å². The molecule has 0 spiro atoms. The molecule has 0 aliphatic heterocycles. The molecule has 1 aromatic rings. The molecule has 6 nitrogen and oxygen atoms in total. The fraction of sp³-hybridized carbons (Fsp3) is 0.467. The molecular weight excluding hydrogens is 306 g/mol. The molecule has 0 aliphatic carbocycles. The highest BCUT2D eigenvalue weighted by Crippen LogP contribution is 2.11. The third-order valence-electron chi connectivity index (χ3n) is 3.10. The first-order chi connectivity index (χ1) is 9.79. The number of amides is 2. The highest BCUT2D eigenvalue weighted by Gasteiger charge is 2.22. The summed E-state index contributed by atoms with van der Waals surface area (Å²) in [6.07, 6.45) is 0.798. The second kappa shape index (κ2) is 9.27. The number of nitrogens with one attached hydrogen (secondary N) is 1. The Labute approximate surface area is 136 Å². The van der Waals surface area contributed by atoms with Gasteiger partial charge in [-0.2, -0.15) is 0 Å². The standard InChI is InChI=1S/C15H23N3O3.ClH/c1-9(2)7-13(14(17)20)18-15(21)12(16)8-10-3-5-11(19)6-4-10;/h3-6,9,12-13,19H,7-8,16H2,1-2H3,(H2,17,20)(H,18,21);1H. The number of carbonyl (C=O) groups is 2. The van der Waals surface area contributed by atoms with Crippen molar-refractivity contribution < 1.29 is 14.7 Å². The quantitative estimate of drug-likeness (QED) is 0.588. The summed E-state index contributed by atoms with van der Waals surface area (Å²) in [5.41, 5.74) is 11.9. The SMILES string of the molecule is CC(C)CC(NC(=O)C(N)Cc1ccc(O)cc1)C(N)=O.Cl. The monoisotopic (exact) mass is 329 g/mol. The lowest BCUT2D eigenvalue weighted by molar-refractivity contribution is -0.128. The predicted octanol–water partition coefficient (Wildman–Crippen LogP) is 0.700. The Balaban J connectivity index is 0.00000441. The minimum absolute atomic E-state index is 0. The summed E-state index contributed by atoms with van der Waals surface area (Å²) in [6, 6.07) is 4.98. The van der Waals surface area contributed by atoms with Crippen LogP contribution >= 0.6 is 12.4 Å². The lowest BCUT2D eigenvalue weighted by Gasteiger charge is -2.20. The molecule has 0 fully saturated rings. The fourth-order valence-electron chi connectivity index (χ4n) is 1.98. The minimum atomic E-state index is -0.774. The summed E-state index contributed by atoms with van der Waals surface area (Å²) in [5.74, 6) is -0.583. The van der Waals surface area contributed by atoms with Crippen LogP contribution in [0.25, 0.3) is 0 Å². The molecule has 2 unspecified atom stereocenters. The Morgan fingerprint density at radius 3 is 2.23 bits per heavy atom. The third-order valence-corrected chi connectivity index (χ3v) is 3.10. The summed E-state index contributed by atoms with van der Waals surface area (Å²) in [7, 11) is 0. The molecule has 2 amide bonds. The van der Waals surface area contributed by atoms with E-state index in [-0.39, 0.29) is 24.1 Å². The van der Waals surface area contributed by atoms with Crippen molar-refractivity contribution in [3.63, 3.8) is 0 Å². The van der Waals surface area contributed by atoms with Crippen LogP contribution in [-0.4, -0.2) is 29.0 Å². The number of rotatable bonds is 7. The number of aromatic hydroxyl groups is 1. The second-order valence-electron chi connectivity index (χ2n) is 5.57. The van der Waals surface area contributed by atoms with E-state index >= 15 is 0 Å². The summed E-state index contributed by atoms with van der Waals surface area (Å²) in [4.78, 5) is 23.3. The van der Waals surface area contributed by atoms with E-state index < -0.39 is 23.9 Å². The van der Waals surface area contributed by atoms with Gasteiger partial charge in [0.15, 0.2) is 0 Å². The summed E-state index contributed by atoms with van der Waals surface area (Å²) < 4.78 is 0. The Morgan fingerprint density at radius 2 is 1.77 bits per heavy atom. The molecule has 0 bridgehead atoms. The minimum Gasteiger partial charge on any atom is -0.508 e. The van der Waals surface area contributed by atoms with E-state index in [1.165, 1.54) is 12.1 Å². The first-order valence-corrected chi connectivity index (χ1v) is 6.92. The molecule has 1 aromatic carbocycles. The highest BCUT2D eigenvalue weighted by atomic mass is 35.5. The van der Waals surface area contributed by atoms with Crippen LogP contribution in [0.3, 0.4) is 0 Å². The normalized spacial score (nSPS) is 13.1. The van der Waals surface area contributed by atoms with Crippen molar-refractivity contribution in [1.29, 1.82) is 0 Å². The molecule has 0 radical (unpaired) electrons. The topological polar surface area (TPSA) is 118 Å². The van der Waals surface area contributed by atoms with Gasteiger partial charge in [0.2, 0.25) is 11.8 Å². The van der Waals surface area contributed by atoms with Gasteiger partial charge in [-0.15, -0.1) is 12.4 Å². The van der Waals surface area contributed by atoms with Gasteiger partial charge in [0.1, 0.15) is 11.8 Å². The van der Waals surface area contributed by atoms with Crippen molar-refractivity contribution >= 4 is 24.2 Å².